The van der Waals surface area contributed by atoms with Gasteiger partial charge in [0.1, 0.15) is 0 Å². The molecule has 0 amide bonds. The van der Waals surface area contributed by atoms with Crippen LogP contribution < -0.4 is 5.56 Å². The topological polar surface area (TPSA) is 37.8 Å². The number of benzene rings is 1. The number of halogens is 2. The maximum atomic E-state index is 11.0. The lowest BCUT2D eigenvalue weighted by Gasteiger charge is -2.08. The molecule has 0 unspecified atom stereocenters. The van der Waals surface area contributed by atoms with E-state index in [9.17, 15) is 4.79 Å². The first-order chi connectivity index (χ1) is 7.58. The highest BCUT2D eigenvalue weighted by Gasteiger charge is 2.03. The number of H-pyrrole nitrogens is 1. The van der Waals surface area contributed by atoms with E-state index in [-0.39, 0.29) is 10.3 Å². The fourth-order valence-corrected chi connectivity index (χ4v) is 2.04. The SMILES string of the molecule is O=c1ccn(-c2ccc(Cl)cc2Cl)c(=S)[nH]1. The minimum Gasteiger partial charge on any atom is -0.299 e. The molecule has 6 heteroatoms. The van der Waals surface area contributed by atoms with Crippen molar-refractivity contribution in [1.29, 1.82) is 0 Å². The van der Waals surface area contributed by atoms with Crippen LogP contribution in [0.5, 0.6) is 0 Å². The molecule has 0 bridgehead atoms. The summed E-state index contributed by atoms with van der Waals surface area (Å²) in [6.07, 6.45) is 1.57. The van der Waals surface area contributed by atoms with Gasteiger partial charge in [0.15, 0.2) is 4.77 Å². The van der Waals surface area contributed by atoms with Crippen LogP contribution in [0.3, 0.4) is 0 Å². The Hall–Kier alpha value is -1.10. The average Bonchev–Trinajstić information content (AvgIpc) is 2.19. The third-order valence-corrected chi connectivity index (χ3v) is 2.83. The summed E-state index contributed by atoms with van der Waals surface area (Å²) >= 11 is 16.9. The first kappa shape index (κ1) is 11.4. The van der Waals surface area contributed by atoms with Gasteiger partial charge in [-0.2, -0.15) is 0 Å². The van der Waals surface area contributed by atoms with Crippen molar-refractivity contribution in [2.75, 3.05) is 0 Å². The molecule has 1 heterocycles. The van der Waals surface area contributed by atoms with Gasteiger partial charge in [0.25, 0.3) is 5.56 Å². The van der Waals surface area contributed by atoms with Crippen molar-refractivity contribution in [2.45, 2.75) is 0 Å². The van der Waals surface area contributed by atoms with Crippen LogP contribution in [0.15, 0.2) is 35.3 Å². The highest BCUT2D eigenvalue weighted by Crippen LogP contribution is 2.23. The van der Waals surface area contributed by atoms with Gasteiger partial charge < -0.3 is 0 Å². The molecule has 0 aliphatic rings. The molecule has 0 aliphatic carbocycles. The van der Waals surface area contributed by atoms with Gasteiger partial charge in [-0.25, -0.2) is 0 Å². The van der Waals surface area contributed by atoms with Gasteiger partial charge in [-0.15, -0.1) is 0 Å². The number of aromatic nitrogens is 2. The van der Waals surface area contributed by atoms with Gasteiger partial charge in [0.05, 0.1) is 10.7 Å². The lowest BCUT2D eigenvalue weighted by molar-refractivity contribution is 0.937. The van der Waals surface area contributed by atoms with Gasteiger partial charge in [0.2, 0.25) is 0 Å². The number of nitrogens with one attached hydrogen (secondary N) is 1. The average molecular weight is 273 g/mol. The van der Waals surface area contributed by atoms with Gasteiger partial charge >= 0.3 is 0 Å². The summed E-state index contributed by atoms with van der Waals surface area (Å²) in [6.45, 7) is 0. The summed E-state index contributed by atoms with van der Waals surface area (Å²) in [4.78, 5) is 13.5. The zero-order valence-electron chi connectivity index (χ0n) is 7.91. The summed E-state index contributed by atoms with van der Waals surface area (Å²) in [7, 11) is 0. The molecule has 1 aromatic heterocycles. The standard InChI is InChI=1S/C10H6Cl2N2OS/c11-6-1-2-8(7(12)5-6)14-4-3-9(15)13-10(14)16/h1-5H,(H,13,15,16). The Morgan fingerprint density at radius 2 is 2.00 bits per heavy atom. The van der Waals surface area contributed by atoms with E-state index in [0.717, 1.165) is 0 Å². The monoisotopic (exact) mass is 272 g/mol. The molecule has 0 spiro atoms. The molecule has 0 aliphatic heterocycles. The number of rotatable bonds is 1. The predicted molar refractivity (Wildman–Crippen MR) is 67.2 cm³/mol. The van der Waals surface area contributed by atoms with Gasteiger partial charge in [-0.1, -0.05) is 23.2 Å². The zero-order valence-corrected chi connectivity index (χ0v) is 10.2. The Bertz CT molecular complexity index is 648. The van der Waals surface area contributed by atoms with Crippen molar-refractivity contribution in [2.24, 2.45) is 0 Å². The highest BCUT2D eigenvalue weighted by molar-refractivity contribution is 7.71. The lowest BCUT2D eigenvalue weighted by Crippen LogP contribution is -2.09. The second-order valence-corrected chi connectivity index (χ2v) is 4.31. The van der Waals surface area contributed by atoms with E-state index in [1.165, 1.54) is 6.07 Å². The summed E-state index contributed by atoms with van der Waals surface area (Å²) in [5.41, 5.74) is 0.429. The van der Waals surface area contributed by atoms with E-state index in [4.69, 9.17) is 35.4 Å². The quantitative estimate of drug-likeness (QED) is 0.810. The molecule has 0 atom stereocenters. The normalized spacial score (nSPS) is 10.4. The third kappa shape index (κ3) is 2.19. The minimum absolute atomic E-state index is 0.244. The Kier molecular flexibility index (Phi) is 3.14. The molecule has 82 valence electrons. The van der Waals surface area contributed by atoms with Gasteiger partial charge in [-0.05, 0) is 30.4 Å². The zero-order chi connectivity index (χ0) is 11.7. The van der Waals surface area contributed by atoms with Crippen molar-refractivity contribution < 1.29 is 0 Å². The van der Waals surface area contributed by atoms with Crippen molar-refractivity contribution in [3.8, 4) is 5.69 Å². The van der Waals surface area contributed by atoms with Crippen LogP contribution in [-0.4, -0.2) is 9.55 Å². The highest BCUT2D eigenvalue weighted by atomic mass is 35.5. The molecule has 0 saturated heterocycles. The Morgan fingerprint density at radius 3 is 2.62 bits per heavy atom. The molecule has 3 nitrogen and oxygen atoms in total. The fraction of sp³-hybridized carbons (Fsp3) is 0. The predicted octanol–water partition coefficient (Wildman–Crippen LogP) is 3.20. The van der Waals surface area contributed by atoms with Crippen LogP contribution in [0.4, 0.5) is 0 Å². The fourth-order valence-electron chi connectivity index (χ4n) is 1.28. The summed E-state index contributed by atoms with van der Waals surface area (Å²) in [6, 6.07) is 6.43. The largest absolute Gasteiger partial charge is 0.299 e. The molecule has 0 fully saturated rings. The van der Waals surface area contributed by atoms with Crippen LogP contribution in [0, 0.1) is 4.77 Å². The third-order valence-electron chi connectivity index (χ3n) is 1.99. The molecule has 0 saturated carbocycles. The van der Waals surface area contributed by atoms with Crippen molar-refractivity contribution >= 4 is 35.4 Å². The molecule has 1 N–H and O–H groups in total. The van der Waals surface area contributed by atoms with Crippen molar-refractivity contribution in [3.05, 3.63) is 55.6 Å². The second-order valence-electron chi connectivity index (χ2n) is 3.08. The molecule has 16 heavy (non-hydrogen) atoms. The number of nitrogens with zero attached hydrogens (tertiary/aromatic N) is 1. The number of aromatic amines is 1. The van der Waals surface area contributed by atoms with Crippen molar-refractivity contribution in [1.82, 2.24) is 9.55 Å². The first-order valence-corrected chi connectivity index (χ1v) is 5.52. The Balaban J connectivity index is 2.68. The maximum absolute atomic E-state index is 11.0. The van der Waals surface area contributed by atoms with Crippen LogP contribution >= 0.6 is 35.4 Å². The molecular weight excluding hydrogens is 267 g/mol. The van der Waals surface area contributed by atoms with E-state index < -0.39 is 0 Å². The first-order valence-electron chi connectivity index (χ1n) is 4.35. The number of hydrogen-bond donors (Lipinski definition) is 1. The van der Waals surface area contributed by atoms with Crippen LogP contribution in [0.1, 0.15) is 0 Å². The lowest BCUT2D eigenvalue weighted by atomic mass is 10.3. The molecule has 2 aromatic rings. The second kappa shape index (κ2) is 4.41. The molecule has 1 aromatic carbocycles. The summed E-state index contributed by atoms with van der Waals surface area (Å²) in [5.74, 6) is 0. The summed E-state index contributed by atoms with van der Waals surface area (Å²) in [5, 5.41) is 1.01. The Morgan fingerprint density at radius 1 is 1.25 bits per heavy atom. The Labute approximate surface area is 106 Å². The van der Waals surface area contributed by atoms with Gasteiger partial charge in [-0.3, -0.25) is 14.3 Å². The van der Waals surface area contributed by atoms with E-state index >= 15 is 0 Å². The molecule has 2 rings (SSSR count). The number of hydrogen-bond acceptors (Lipinski definition) is 2. The van der Waals surface area contributed by atoms with Crippen LogP contribution in [0.2, 0.25) is 10.0 Å². The van der Waals surface area contributed by atoms with E-state index in [1.54, 1.807) is 29.0 Å². The van der Waals surface area contributed by atoms with Gasteiger partial charge in [0, 0.05) is 17.3 Å². The minimum atomic E-state index is -0.244. The molecule has 0 radical (unpaired) electrons. The summed E-state index contributed by atoms with van der Waals surface area (Å²) < 4.78 is 1.90. The van der Waals surface area contributed by atoms with Crippen molar-refractivity contribution in [3.63, 3.8) is 0 Å². The van der Waals surface area contributed by atoms with E-state index in [0.29, 0.717) is 15.7 Å². The van der Waals surface area contributed by atoms with Crippen LogP contribution in [-0.2, 0) is 0 Å². The van der Waals surface area contributed by atoms with E-state index in [1.807, 2.05) is 0 Å². The van der Waals surface area contributed by atoms with E-state index in [2.05, 4.69) is 4.98 Å². The molecular formula is C10H6Cl2N2OS. The van der Waals surface area contributed by atoms with Crippen LogP contribution in [0.25, 0.3) is 5.69 Å². The smallest absolute Gasteiger partial charge is 0.251 e. The maximum Gasteiger partial charge on any atom is 0.251 e.